The van der Waals surface area contributed by atoms with Crippen molar-refractivity contribution < 1.29 is 4.57 Å². The molecule has 0 fully saturated rings. The van der Waals surface area contributed by atoms with E-state index in [4.69, 9.17) is 0 Å². The van der Waals surface area contributed by atoms with Gasteiger partial charge in [-0.2, -0.15) is 0 Å². The highest BCUT2D eigenvalue weighted by molar-refractivity contribution is 4.84. The number of imidazole rings is 1. The molecule has 0 aliphatic carbocycles. The molecule has 1 heterocycles. The summed E-state index contributed by atoms with van der Waals surface area (Å²) in [7, 11) is 0. The monoisotopic (exact) mass is 265 g/mol. The summed E-state index contributed by atoms with van der Waals surface area (Å²) in [5.74, 6) is 1.54. The molecule has 1 rings (SSSR count). The fourth-order valence-corrected chi connectivity index (χ4v) is 2.66. The largest absolute Gasteiger partial charge is 0.256 e. The van der Waals surface area contributed by atoms with Crippen LogP contribution in [0, 0.1) is 0 Å². The molecule has 1 aromatic heterocycles. The lowest BCUT2D eigenvalue weighted by molar-refractivity contribution is -0.704. The topological polar surface area (TPSA) is 8.81 Å². The summed E-state index contributed by atoms with van der Waals surface area (Å²) >= 11 is 0. The van der Waals surface area contributed by atoms with E-state index in [-0.39, 0.29) is 0 Å². The fourth-order valence-electron chi connectivity index (χ4n) is 2.66. The van der Waals surface area contributed by atoms with Crippen LogP contribution in [0.2, 0.25) is 0 Å². The van der Waals surface area contributed by atoms with Gasteiger partial charge in [0.05, 0.1) is 13.1 Å². The summed E-state index contributed by atoms with van der Waals surface area (Å²) in [6.07, 6.45) is 16.4. The first kappa shape index (κ1) is 16.3. The van der Waals surface area contributed by atoms with Gasteiger partial charge < -0.3 is 0 Å². The van der Waals surface area contributed by atoms with Crippen molar-refractivity contribution in [1.29, 1.82) is 0 Å². The maximum atomic E-state index is 2.49. The van der Waals surface area contributed by atoms with Crippen LogP contribution in [0.1, 0.15) is 78.0 Å². The number of aryl methyl sites for hydroxylation is 2. The minimum absolute atomic E-state index is 1.20. The van der Waals surface area contributed by atoms with Crippen LogP contribution in [0.25, 0.3) is 0 Å². The van der Waals surface area contributed by atoms with Gasteiger partial charge in [0.25, 0.3) is 5.82 Å². The van der Waals surface area contributed by atoms with Gasteiger partial charge in [-0.1, -0.05) is 40.0 Å². The van der Waals surface area contributed by atoms with Crippen molar-refractivity contribution in [3.05, 3.63) is 18.2 Å². The molecule has 0 saturated heterocycles. The van der Waals surface area contributed by atoms with Crippen LogP contribution in [-0.2, 0) is 19.5 Å². The summed E-state index contributed by atoms with van der Waals surface area (Å²) in [6, 6.07) is 0. The van der Waals surface area contributed by atoms with E-state index in [1.165, 1.54) is 76.7 Å². The molecule has 0 aromatic carbocycles. The Morgan fingerprint density at radius 1 is 0.895 bits per heavy atom. The van der Waals surface area contributed by atoms with Crippen molar-refractivity contribution in [1.82, 2.24) is 4.57 Å². The normalized spacial score (nSPS) is 11.1. The zero-order valence-electron chi connectivity index (χ0n) is 13.3. The third-order valence-electron chi connectivity index (χ3n) is 3.82. The van der Waals surface area contributed by atoms with Gasteiger partial charge >= 0.3 is 0 Å². The van der Waals surface area contributed by atoms with Crippen LogP contribution in [-0.4, -0.2) is 4.57 Å². The maximum absolute atomic E-state index is 2.49. The number of hydrogen-bond acceptors (Lipinski definition) is 0. The van der Waals surface area contributed by atoms with Crippen LogP contribution in [0.5, 0.6) is 0 Å². The van der Waals surface area contributed by atoms with Crippen molar-refractivity contribution in [2.45, 2.75) is 91.6 Å². The Bertz CT molecular complexity index is 328. The van der Waals surface area contributed by atoms with Crippen molar-refractivity contribution >= 4 is 0 Å². The van der Waals surface area contributed by atoms with E-state index in [1.54, 1.807) is 0 Å². The molecule has 0 amide bonds. The molecule has 19 heavy (non-hydrogen) atoms. The fraction of sp³-hybridized carbons (Fsp3) is 0.824. The number of hydrogen-bond donors (Lipinski definition) is 0. The second kappa shape index (κ2) is 10.1. The summed E-state index contributed by atoms with van der Waals surface area (Å²) in [6.45, 7) is 9.24. The average molecular weight is 265 g/mol. The molecule has 0 saturated carbocycles. The summed E-state index contributed by atoms with van der Waals surface area (Å²) in [5, 5.41) is 0. The van der Waals surface area contributed by atoms with E-state index in [0.29, 0.717) is 0 Å². The summed E-state index contributed by atoms with van der Waals surface area (Å²) in [5.41, 5.74) is 0. The minimum Gasteiger partial charge on any atom is -0.234 e. The van der Waals surface area contributed by atoms with Gasteiger partial charge in [0, 0.05) is 6.42 Å². The third-order valence-corrected chi connectivity index (χ3v) is 3.82. The molecule has 2 heteroatoms. The predicted octanol–water partition coefficient (Wildman–Crippen LogP) is 4.50. The van der Waals surface area contributed by atoms with Crippen molar-refractivity contribution in [2.75, 3.05) is 0 Å². The highest BCUT2D eigenvalue weighted by atomic mass is 15.1. The first-order chi connectivity index (χ1) is 9.33. The Morgan fingerprint density at radius 3 is 2.32 bits per heavy atom. The highest BCUT2D eigenvalue weighted by Crippen LogP contribution is 2.06. The summed E-state index contributed by atoms with van der Waals surface area (Å²) < 4.78 is 4.98. The molecular weight excluding hydrogens is 232 g/mol. The molecule has 2 nitrogen and oxygen atoms in total. The van der Waals surface area contributed by atoms with Crippen molar-refractivity contribution in [3.8, 4) is 0 Å². The van der Waals surface area contributed by atoms with Crippen molar-refractivity contribution in [2.24, 2.45) is 0 Å². The van der Waals surface area contributed by atoms with Gasteiger partial charge in [0.15, 0.2) is 0 Å². The standard InChI is InChI=1S/C17H33N2/c1-4-7-9-11-14-19-16-15-18(13-10-8-5-2)17(19)12-6-3/h15-16H,4-14H2,1-3H3/q+1. The van der Waals surface area contributed by atoms with Gasteiger partial charge in [-0.05, 0) is 32.1 Å². The molecule has 1 aromatic rings. The van der Waals surface area contributed by atoms with Crippen molar-refractivity contribution in [3.63, 3.8) is 0 Å². The van der Waals surface area contributed by atoms with Gasteiger partial charge in [-0.25, -0.2) is 9.13 Å². The summed E-state index contributed by atoms with van der Waals surface area (Å²) in [4.78, 5) is 0. The lowest BCUT2D eigenvalue weighted by atomic mass is 10.2. The van der Waals surface area contributed by atoms with Crippen LogP contribution in [0.15, 0.2) is 12.4 Å². The Balaban J connectivity index is 2.53. The zero-order valence-corrected chi connectivity index (χ0v) is 13.3. The third kappa shape index (κ3) is 5.80. The Morgan fingerprint density at radius 2 is 1.63 bits per heavy atom. The Kier molecular flexibility index (Phi) is 8.61. The SMILES string of the molecule is CCCCCCn1cc[n+](CCCCC)c1CCC. The lowest BCUT2D eigenvalue weighted by Gasteiger charge is -2.04. The lowest BCUT2D eigenvalue weighted by Crippen LogP contribution is -2.37. The van der Waals surface area contributed by atoms with Crippen LogP contribution < -0.4 is 4.57 Å². The molecule has 0 atom stereocenters. The van der Waals surface area contributed by atoms with Crippen LogP contribution >= 0.6 is 0 Å². The van der Waals surface area contributed by atoms with Gasteiger partial charge in [-0.15, -0.1) is 0 Å². The molecule has 0 bridgehead atoms. The zero-order chi connectivity index (χ0) is 13.9. The molecule has 0 radical (unpaired) electrons. The van der Waals surface area contributed by atoms with Gasteiger partial charge in [-0.3, -0.25) is 0 Å². The Hall–Kier alpha value is -0.790. The molecule has 0 unspecified atom stereocenters. The predicted molar refractivity (Wildman–Crippen MR) is 82.3 cm³/mol. The highest BCUT2D eigenvalue weighted by Gasteiger charge is 2.15. The molecule has 0 N–H and O–H groups in total. The molecule has 110 valence electrons. The van der Waals surface area contributed by atoms with Gasteiger partial charge in [0.2, 0.25) is 0 Å². The number of rotatable bonds is 11. The molecule has 0 spiro atoms. The average Bonchev–Trinajstić information content (AvgIpc) is 2.79. The van der Waals surface area contributed by atoms with E-state index in [1.807, 2.05) is 0 Å². The second-order valence-corrected chi connectivity index (χ2v) is 5.62. The van der Waals surface area contributed by atoms with E-state index in [9.17, 15) is 0 Å². The van der Waals surface area contributed by atoms with Crippen LogP contribution in [0.3, 0.4) is 0 Å². The first-order valence-electron chi connectivity index (χ1n) is 8.40. The number of unbranched alkanes of at least 4 members (excludes halogenated alkanes) is 5. The number of nitrogens with zero attached hydrogens (tertiary/aromatic N) is 2. The minimum atomic E-state index is 1.20. The smallest absolute Gasteiger partial charge is 0.234 e. The molecule has 0 aliphatic rings. The number of aromatic nitrogens is 2. The molecular formula is C17H33N2+. The van der Waals surface area contributed by atoms with Gasteiger partial charge in [0.1, 0.15) is 12.4 Å². The Labute approximate surface area is 119 Å². The maximum Gasteiger partial charge on any atom is 0.256 e. The first-order valence-corrected chi connectivity index (χ1v) is 8.40. The quantitative estimate of drug-likeness (QED) is 0.411. The second-order valence-electron chi connectivity index (χ2n) is 5.62. The van der Waals surface area contributed by atoms with E-state index < -0.39 is 0 Å². The van der Waals surface area contributed by atoms with E-state index in [0.717, 1.165) is 0 Å². The van der Waals surface area contributed by atoms with E-state index >= 15 is 0 Å². The molecule has 0 aliphatic heterocycles. The van der Waals surface area contributed by atoms with Crippen LogP contribution in [0.4, 0.5) is 0 Å². The van der Waals surface area contributed by atoms with E-state index in [2.05, 4.69) is 42.3 Å².